The van der Waals surface area contributed by atoms with Gasteiger partial charge in [0.1, 0.15) is 0 Å². The first-order chi connectivity index (χ1) is 9.56. The number of aliphatic carboxylic acids is 1. The van der Waals surface area contributed by atoms with Gasteiger partial charge < -0.3 is 9.52 Å². The number of carboxylic acid groups (broad SMARTS) is 1. The normalized spacial score (nSPS) is 10.7. The number of nitrogens with zero attached hydrogens (tertiary/aromatic N) is 2. The van der Waals surface area contributed by atoms with E-state index in [0.717, 1.165) is 17.5 Å². The van der Waals surface area contributed by atoms with Gasteiger partial charge in [0.05, 0.1) is 0 Å². The number of benzene rings is 1. The predicted octanol–water partition coefficient (Wildman–Crippen LogP) is 3.15. The number of rotatable bonds is 6. The summed E-state index contributed by atoms with van der Waals surface area (Å²) in [6.07, 6.45) is 2.15. The lowest BCUT2D eigenvalue weighted by Gasteiger charge is -2.01. The van der Waals surface area contributed by atoms with Crippen molar-refractivity contribution in [1.29, 1.82) is 0 Å². The maximum atomic E-state index is 10.4. The van der Waals surface area contributed by atoms with Crippen molar-refractivity contribution in [3.05, 3.63) is 35.2 Å². The number of hydrogen-bond donors (Lipinski definition) is 1. The van der Waals surface area contributed by atoms with Gasteiger partial charge in [-0.2, -0.15) is 0 Å². The van der Waals surface area contributed by atoms with Crippen molar-refractivity contribution in [2.45, 2.75) is 39.5 Å². The molecule has 20 heavy (non-hydrogen) atoms. The van der Waals surface area contributed by atoms with E-state index in [-0.39, 0.29) is 6.42 Å². The molecule has 0 radical (unpaired) electrons. The average Bonchev–Trinajstić information content (AvgIpc) is 2.83. The Morgan fingerprint density at radius 2 is 2.05 bits per heavy atom. The molecule has 2 aromatic rings. The van der Waals surface area contributed by atoms with Crippen molar-refractivity contribution in [3.63, 3.8) is 0 Å². The molecule has 0 aliphatic heterocycles. The van der Waals surface area contributed by atoms with E-state index < -0.39 is 5.97 Å². The van der Waals surface area contributed by atoms with Gasteiger partial charge in [-0.05, 0) is 38.3 Å². The first kappa shape index (κ1) is 14.2. The Morgan fingerprint density at radius 1 is 1.25 bits per heavy atom. The van der Waals surface area contributed by atoms with E-state index in [2.05, 4.69) is 16.3 Å². The molecule has 5 nitrogen and oxygen atoms in total. The molecule has 0 fully saturated rings. The first-order valence-electron chi connectivity index (χ1n) is 6.68. The fraction of sp³-hybridized carbons (Fsp3) is 0.400. The van der Waals surface area contributed by atoms with Crippen LogP contribution in [0.15, 0.2) is 22.6 Å². The number of hydrogen-bond acceptors (Lipinski definition) is 4. The zero-order chi connectivity index (χ0) is 14.5. The summed E-state index contributed by atoms with van der Waals surface area (Å²) < 4.78 is 5.63. The highest BCUT2D eigenvalue weighted by atomic mass is 16.4. The second-order valence-corrected chi connectivity index (χ2v) is 4.92. The minimum Gasteiger partial charge on any atom is -0.481 e. The molecule has 0 aliphatic rings. The zero-order valence-electron chi connectivity index (χ0n) is 11.7. The van der Waals surface area contributed by atoms with Gasteiger partial charge in [0.2, 0.25) is 11.8 Å². The maximum absolute atomic E-state index is 10.4. The van der Waals surface area contributed by atoms with Crippen molar-refractivity contribution in [2.24, 2.45) is 0 Å². The Hall–Kier alpha value is -2.17. The summed E-state index contributed by atoms with van der Waals surface area (Å²) in [6, 6.07) is 6.07. The molecule has 2 rings (SSSR count). The van der Waals surface area contributed by atoms with Crippen LogP contribution in [-0.4, -0.2) is 21.3 Å². The lowest BCUT2D eigenvalue weighted by molar-refractivity contribution is -0.137. The van der Waals surface area contributed by atoms with E-state index in [4.69, 9.17) is 9.52 Å². The van der Waals surface area contributed by atoms with E-state index in [1.807, 2.05) is 26.0 Å². The Balaban J connectivity index is 1.99. The molecule has 5 heteroatoms. The van der Waals surface area contributed by atoms with Crippen LogP contribution < -0.4 is 0 Å². The number of carboxylic acids is 1. The molecule has 0 spiro atoms. The third-order valence-corrected chi connectivity index (χ3v) is 3.11. The van der Waals surface area contributed by atoms with Crippen LogP contribution in [0.25, 0.3) is 11.5 Å². The van der Waals surface area contributed by atoms with Crippen molar-refractivity contribution in [1.82, 2.24) is 10.2 Å². The number of unbranched alkanes of at least 4 members (excludes halogenated alkanes) is 1. The van der Waals surface area contributed by atoms with E-state index >= 15 is 0 Å². The Bertz CT molecular complexity index is 605. The highest BCUT2D eigenvalue weighted by Gasteiger charge is 2.11. The number of aryl methyl sites for hydroxylation is 3. The van der Waals surface area contributed by atoms with E-state index in [0.29, 0.717) is 24.6 Å². The molecule has 1 aromatic carbocycles. The second kappa shape index (κ2) is 6.32. The van der Waals surface area contributed by atoms with Crippen LogP contribution in [0.1, 0.15) is 36.3 Å². The van der Waals surface area contributed by atoms with Gasteiger partial charge in [0.25, 0.3) is 0 Å². The Morgan fingerprint density at radius 3 is 2.75 bits per heavy atom. The Kier molecular flexibility index (Phi) is 4.50. The molecule has 0 atom stereocenters. The molecule has 0 saturated carbocycles. The smallest absolute Gasteiger partial charge is 0.303 e. The van der Waals surface area contributed by atoms with Crippen LogP contribution >= 0.6 is 0 Å². The third kappa shape index (κ3) is 3.66. The summed E-state index contributed by atoms with van der Waals surface area (Å²) in [5, 5.41) is 16.6. The standard InChI is InChI=1S/C15H18N2O3/c1-10-7-8-12(11(2)9-10)15-17-16-13(20-15)5-3-4-6-14(18)19/h7-9H,3-6H2,1-2H3,(H,18,19). The molecule has 1 aromatic heterocycles. The van der Waals surface area contributed by atoms with Crippen LogP contribution in [0, 0.1) is 13.8 Å². The largest absolute Gasteiger partial charge is 0.481 e. The average molecular weight is 274 g/mol. The zero-order valence-corrected chi connectivity index (χ0v) is 11.7. The van der Waals surface area contributed by atoms with Gasteiger partial charge in [-0.15, -0.1) is 10.2 Å². The molecule has 1 heterocycles. The summed E-state index contributed by atoms with van der Waals surface area (Å²) in [6.45, 7) is 4.05. The van der Waals surface area contributed by atoms with Crippen molar-refractivity contribution < 1.29 is 14.3 Å². The summed E-state index contributed by atoms with van der Waals surface area (Å²) in [7, 11) is 0. The molecule has 0 bridgehead atoms. The van der Waals surface area contributed by atoms with E-state index in [9.17, 15) is 4.79 Å². The predicted molar refractivity (Wildman–Crippen MR) is 74.4 cm³/mol. The fourth-order valence-electron chi connectivity index (χ4n) is 2.07. The molecule has 106 valence electrons. The van der Waals surface area contributed by atoms with Crippen LogP contribution in [0.5, 0.6) is 0 Å². The first-order valence-corrected chi connectivity index (χ1v) is 6.68. The second-order valence-electron chi connectivity index (χ2n) is 4.92. The maximum Gasteiger partial charge on any atom is 0.303 e. The molecular formula is C15H18N2O3. The van der Waals surface area contributed by atoms with Crippen LogP contribution in [0.3, 0.4) is 0 Å². The topological polar surface area (TPSA) is 76.2 Å². The van der Waals surface area contributed by atoms with Crippen LogP contribution in [0.2, 0.25) is 0 Å². The van der Waals surface area contributed by atoms with Crippen molar-refractivity contribution in [2.75, 3.05) is 0 Å². The van der Waals surface area contributed by atoms with Gasteiger partial charge in [0.15, 0.2) is 0 Å². The molecule has 1 N–H and O–H groups in total. The summed E-state index contributed by atoms with van der Waals surface area (Å²) in [4.78, 5) is 10.4. The fourth-order valence-corrected chi connectivity index (χ4v) is 2.07. The number of carbonyl (C=O) groups is 1. The summed E-state index contributed by atoms with van der Waals surface area (Å²) in [5.74, 6) is 0.313. The lowest BCUT2D eigenvalue weighted by Crippen LogP contribution is -1.95. The quantitative estimate of drug-likeness (QED) is 0.819. The highest BCUT2D eigenvalue weighted by Crippen LogP contribution is 2.23. The van der Waals surface area contributed by atoms with Crippen molar-refractivity contribution in [3.8, 4) is 11.5 Å². The minimum absolute atomic E-state index is 0.179. The summed E-state index contributed by atoms with van der Waals surface area (Å²) in [5.41, 5.74) is 3.24. The Labute approximate surface area is 117 Å². The SMILES string of the molecule is Cc1ccc(-c2nnc(CCCCC(=O)O)o2)c(C)c1. The monoisotopic (exact) mass is 274 g/mol. The van der Waals surface area contributed by atoms with Crippen LogP contribution in [-0.2, 0) is 11.2 Å². The lowest BCUT2D eigenvalue weighted by atomic mass is 10.1. The molecule has 0 amide bonds. The molecule has 0 saturated heterocycles. The highest BCUT2D eigenvalue weighted by molar-refractivity contribution is 5.66. The molecule has 0 aliphatic carbocycles. The van der Waals surface area contributed by atoms with Crippen molar-refractivity contribution >= 4 is 5.97 Å². The van der Waals surface area contributed by atoms with Gasteiger partial charge >= 0.3 is 5.97 Å². The van der Waals surface area contributed by atoms with E-state index in [1.54, 1.807) is 0 Å². The van der Waals surface area contributed by atoms with Gasteiger partial charge in [0, 0.05) is 18.4 Å². The number of aromatic nitrogens is 2. The van der Waals surface area contributed by atoms with Gasteiger partial charge in [-0.3, -0.25) is 4.79 Å². The summed E-state index contributed by atoms with van der Waals surface area (Å²) >= 11 is 0. The third-order valence-electron chi connectivity index (χ3n) is 3.11. The van der Waals surface area contributed by atoms with E-state index in [1.165, 1.54) is 5.56 Å². The van der Waals surface area contributed by atoms with Gasteiger partial charge in [-0.1, -0.05) is 17.7 Å². The minimum atomic E-state index is -0.772. The van der Waals surface area contributed by atoms with Gasteiger partial charge in [-0.25, -0.2) is 0 Å². The van der Waals surface area contributed by atoms with Crippen LogP contribution in [0.4, 0.5) is 0 Å². The molecular weight excluding hydrogens is 256 g/mol. The molecule has 0 unspecified atom stereocenters.